The molecule has 112 valence electrons. The minimum atomic E-state index is -0.224. The van der Waals surface area contributed by atoms with E-state index < -0.39 is 0 Å². The number of anilines is 1. The first-order chi connectivity index (χ1) is 10.1. The first-order valence-electron chi connectivity index (χ1n) is 6.62. The second-order valence-corrected chi connectivity index (χ2v) is 6.01. The van der Waals surface area contributed by atoms with Gasteiger partial charge in [-0.3, -0.25) is 9.69 Å². The Morgan fingerprint density at radius 1 is 1.33 bits per heavy atom. The lowest BCUT2D eigenvalue weighted by Gasteiger charge is -2.23. The number of amides is 1. The average Bonchev–Trinajstić information content (AvgIpc) is 2.89. The van der Waals surface area contributed by atoms with E-state index in [1.165, 1.54) is 11.3 Å². The highest BCUT2D eigenvalue weighted by Crippen LogP contribution is 2.11. The molecule has 0 spiro atoms. The van der Waals surface area contributed by atoms with Gasteiger partial charge in [0.15, 0.2) is 0 Å². The first-order valence-corrected chi connectivity index (χ1v) is 7.44. The molecule has 7 heteroatoms. The number of carbonyl (C=O) groups excluding carboxylic acids is 1. The van der Waals surface area contributed by atoms with E-state index in [1.807, 2.05) is 49.3 Å². The molecule has 0 aliphatic rings. The standard InChI is InChI=1S/C14H19N5OS/c1-19(2)11(8-10-6-4-3-5-7-10)13(20)16-9-12-17-18-14(15)21-12/h3-7,11H,8-9H2,1-2H3,(H2,15,18)(H,16,20)/t11-/m0/s1. The quantitative estimate of drug-likeness (QED) is 0.829. The van der Waals surface area contributed by atoms with Crippen LogP contribution in [0.25, 0.3) is 0 Å². The Balaban J connectivity index is 1.95. The molecule has 1 amide bonds. The van der Waals surface area contributed by atoms with E-state index in [0.29, 0.717) is 23.1 Å². The maximum atomic E-state index is 12.3. The summed E-state index contributed by atoms with van der Waals surface area (Å²) in [5, 5.41) is 11.6. The first kappa shape index (κ1) is 15.4. The van der Waals surface area contributed by atoms with Crippen molar-refractivity contribution in [2.45, 2.75) is 19.0 Å². The number of nitrogens with two attached hydrogens (primary N) is 1. The summed E-state index contributed by atoms with van der Waals surface area (Å²) in [7, 11) is 3.80. The van der Waals surface area contributed by atoms with E-state index in [0.717, 1.165) is 5.56 Å². The molecule has 3 N–H and O–H groups in total. The fourth-order valence-electron chi connectivity index (χ4n) is 1.97. The van der Waals surface area contributed by atoms with Crippen LogP contribution in [0.4, 0.5) is 5.13 Å². The van der Waals surface area contributed by atoms with Crippen molar-refractivity contribution in [1.29, 1.82) is 0 Å². The lowest BCUT2D eigenvalue weighted by Crippen LogP contribution is -2.44. The van der Waals surface area contributed by atoms with Gasteiger partial charge >= 0.3 is 0 Å². The molecule has 0 bridgehead atoms. The van der Waals surface area contributed by atoms with Crippen molar-refractivity contribution >= 4 is 22.4 Å². The van der Waals surface area contributed by atoms with Gasteiger partial charge in [0.25, 0.3) is 0 Å². The summed E-state index contributed by atoms with van der Waals surface area (Å²) in [6.45, 7) is 0.354. The summed E-state index contributed by atoms with van der Waals surface area (Å²) in [6.07, 6.45) is 0.665. The third-order valence-corrected chi connectivity index (χ3v) is 3.85. The Bertz CT molecular complexity index is 584. The zero-order valence-corrected chi connectivity index (χ0v) is 12.9. The van der Waals surface area contributed by atoms with E-state index in [1.54, 1.807) is 0 Å². The highest BCUT2D eigenvalue weighted by atomic mass is 32.1. The topological polar surface area (TPSA) is 84.1 Å². The molecule has 0 aliphatic heterocycles. The number of nitrogen functional groups attached to an aromatic ring is 1. The fourth-order valence-corrected chi connectivity index (χ4v) is 2.51. The SMILES string of the molecule is CN(C)[C@@H](Cc1ccccc1)C(=O)NCc1nnc(N)s1. The van der Waals surface area contributed by atoms with Crippen LogP contribution in [0.2, 0.25) is 0 Å². The number of nitrogens with zero attached hydrogens (tertiary/aromatic N) is 3. The molecule has 0 fully saturated rings. The molecule has 0 radical (unpaired) electrons. The molecule has 6 nitrogen and oxygen atoms in total. The summed E-state index contributed by atoms with van der Waals surface area (Å²) in [4.78, 5) is 14.3. The van der Waals surface area contributed by atoms with Gasteiger partial charge in [0.1, 0.15) is 5.01 Å². The Labute approximate surface area is 128 Å². The van der Waals surface area contributed by atoms with Gasteiger partial charge in [-0.15, -0.1) is 10.2 Å². The van der Waals surface area contributed by atoms with Crippen LogP contribution in [0.1, 0.15) is 10.6 Å². The zero-order chi connectivity index (χ0) is 15.2. The minimum Gasteiger partial charge on any atom is -0.374 e. The molecule has 1 atom stereocenters. The van der Waals surface area contributed by atoms with Gasteiger partial charge in [-0.1, -0.05) is 41.7 Å². The van der Waals surface area contributed by atoms with Crippen molar-refractivity contribution in [2.24, 2.45) is 0 Å². The smallest absolute Gasteiger partial charge is 0.238 e. The second kappa shape index (κ2) is 7.14. The maximum absolute atomic E-state index is 12.3. The van der Waals surface area contributed by atoms with Crippen molar-refractivity contribution < 1.29 is 4.79 Å². The number of hydrogen-bond donors (Lipinski definition) is 2. The Hall–Kier alpha value is -1.99. The molecule has 2 rings (SSSR count). The van der Waals surface area contributed by atoms with Crippen LogP contribution >= 0.6 is 11.3 Å². The van der Waals surface area contributed by atoms with E-state index in [2.05, 4.69) is 15.5 Å². The van der Waals surface area contributed by atoms with Gasteiger partial charge in [-0.25, -0.2) is 0 Å². The number of carbonyl (C=O) groups is 1. The van der Waals surface area contributed by atoms with Gasteiger partial charge in [-0.2, -0.15) is 0 Å². The number of rotatable bonds is 6. The molecule has 1 heterocycles. The normalized spacial score (nSPS) is 12.3. The molecule has 1 aromatic heterocycles. The molecule has 1 aromatic carbocycles. The number of hydrogen-bond acceptors (Lipinski definition) is 6. The summed E-state index contributed by atoms with van der Waals surface area (Å²) in [5.74, 6) is -0.0300. The number of likely N-dealkylation sites (N-methyl/N-ethyl adjacent to an activating group) is 1. The van der Waals surface area contributed by atoms with Crippen molar-refractivity contribution in [2.75, 3.05) is 19.8 Å². The Morgan fingerprint density at radius 3 is 2.62 bits per heavy atom. The molecular weight excluding hydrogens is 286 g/mol. The monoisotopic (exact) mass is 305 g/mol. The van der Waals surface area contributed by atoms with Crippen LogP contribution in [0.5, 0.6) is 0 Å². The Kier molecular flexibility index (Phi) is 5.24. The highest BCUT2D eigenvalue weighted by molar-refractivity contribution is 7.15. The molecule has 0 saturated heterocycles. The summed E-state index contributed by atoms with van der Waals surface area (Å²) in [5.41, 5.74) is 6.65. The molecule has 2 aromatic rings. The van der Waals surface area contributed by atoms with E-state index >= 15 is 0 Å². The van der Waals surface area contributed by atoms with Gasteiger partial charge in [0, 0.05) is 0 Å². The van der Waals surface area contributed by atoms with E-state index in [9.17, 15) is 4.79 Å². The fraction of sp³-hybridized carbons (Fsp3) is 0.357. The van der Waals surface area contributed by atoms with Crippen molar-refractivity contribution in [3.63, 3.8) is 0 Å². The van der Waals surface area contributed by atoms with E-state index in [-0.39, 0.29) is 11.9 Å². The predicted molar refractivity (Wildman–Crippen MR) is 83.8 cm³/mol. The number of benzene rings is 1. The van der Waals surface area contributed by atoms with Crippen LogP contribution < -0.4 is 11.1 Å². The third-order valence-electron chi connectivity index (χ3n) is 3.09. The largest absolute Gasteiger partial charge is 0.374 e. The van der Waals surface area contributed by atoms with Crippen molar-refractivity contribution in [3.05, 3.63) is 40.9 Å². The molecule has 0 unspecified atom stereocenters. The van der Waals surface area contributed by atoms with Crippen LogP contribution in [0, 0.1) is 0 Å². The third kappa shape index (κ3) is 4.51. The number of nitrogens with one attached hydrogen (secondary N) is 1. The summed E-state index contributed by atoms with van der Waals surface area (Å²) < 4.78 is 0. The van der Waals surface area contributed by atoms with E-state index in [4.69, 9.17) is 5.73 Å². The molecule has 0 saturated carbocycles. The Morgan fingerprint density at radius 2 is 2.05 bits per heavy atom. The average molecular weight is 305 g/mol. The van der Waals surface area contributed by atoms with Crippen LogP contribution in [0.3, 0.4) is 0 Å². The predicted octanol–water partition coefficient (Wildman–Crippen LogP) is 0.909. The lowest BCUT2D eigenvalue weighted by molar-refractivity contribution is -0.125. The summed E-state index contributed by atoms with van der Waals surface area (Å²) in [6, 6.07) is 9.74. The maximum Gasteiger partial charge on any atom is 0.238 e. The molecule has 21 heavy (non-hydrogen) atoms. The van der Waals surface area contributed by atoms with Crippen molar-refractivity contribution in [1.82, 2.24) is 20.4 Å². The molecular formula is C14H19N5OS. The minimum absolute atomic E-state index is 0.0300. The zero-order valence-electron chi connectivity index (χ0n) is 12.1. The van der Waals surface area contributed by atoms with Gasteiger partial charge in [0.05, 0.1) is 12.6 Å². The summed E-state index contributed by atoms with van der Waals surface area (Å²) >= 11 is 1.28. The van der Waals surface area contributed by atoms with Crippen molar-refractivity contribution in [3.8, 4) is 0 Å². The second-order valence-electron chi connectivity index (χ2n) is 4.92. The van der Waals surface area contributed by atoms with Crippen LogP contribution in [-0.4, -0.2) is 41.1 Å². The van der Waals surface area contributed by atoms with Crippen LogP contribution in [0.15, 0.2) is 30.3 Å². The molecule has 0 aliphatic carbocycles. The van der Waals surface area contributed by atoms with Gasteiger partial charge in [0.2, 0.25) is 11.0 Å². The van der Waals surface area contributed by atoms with Gasteiger partial charge < -0.3 is 11.1 Å². The highest BCUT2D eigenvalue weighted by Gasteiger charge is 2.21. The lowest BCUT2D eigenvalue weighted by atomic mass is 10.0. The number of aromatic nitrogens is 2. The van der Waals surface area contributed by atoms with Gasteiger partial charge in [-0.05, 0) is 26.1 Å². The van der Waals surface area contributed by atoms with Crippen LogP contribution in [-0.2, 0) is 17.8 Å².